The number of hydrogen-bond donors (Lipinski definition) is 1. The van der Waals surface area contributed by atoms with Crippen LogP contribution < -0.4 is 4.74 Å². The first kappa shape index (κ1) is 14.4. The van der Waals surface area contributed by atoms with Gasteiger partial charge in [0.05, 0.1) is 5.41 Å². The monoisotopic (exact) mass is 284 g/mol. The van der Waals surface area contributed by atoms with E-state index in [4.69, 9.17) is 0 Å². The molecule has 1 aromatic rings. The average molecular weight is 284 g/mol. The van der Waals surface area contributed by atoms with Crippen molar-refractivity contribution in [2.75, 3.05) is 0 Å². The van der Waals surface area contributed by atoms with Crippen LogP contribution in [0.25, 0.3) is 0 Å². The first-order valence-corrected chi connectivity index (χ1v) is 6.24. The van der Waals surface area contributed by atoms with Gasteiger partial charge in [0.1, 0.15) is 11.5 Å². The van der Waals surface area contributed by atoms with Gasteiger partial charge in [-0.25, -0.2) is 0 Å². The molecule has 1 N–H and O–H groups in total. The minimum absolute atomic E-state index is 0.0295. The zero-order valence-corrected chi connectivity index (χ0v) is 10.6. The molecule has 6 heteroatoms. The Labute approximate surface area is 114 Å². The van der Waals surface area contributed by atoms with Crippen LogP contribution in [-0.2, 0) is 15.0 Å². The molecule has 0 aliphatic heterocycles. The fourth-order valence-electron chi connectivity index (χ4n) is 2.55. The molecule has 0 amide bonds. The van der Waals surface area contributed by atoms with Crippen LogP contribution in [0.3, 0.4) is 0 Å². The van der Waals surface area contributed by atoms with Crippen molar-refractivity contribution in [3.8, 4) is 5.75 Å². The number of ketones is 1. The maximum atomic E-state index is 12.2. The maximum absolute atomic E-state index is 12.2. The van der Waals surface area contributed by atoms with Crippen molar-refractivity contribution >= 4 is 11.8 Å². The van der Waals surface area contributed by atoms with Crippen molar-refractivity contribution in [2.24, 2.45) is 0 Å². The predicted molar refractivity (Wildman–Crippen MR) is 65.9 cm³/mol. The van der Waals surface area contributed by atoms with Gasteiger partial charge < -0.3 is 9.84 Å². The Hall–Kier alpha value is -1.98. The summed E-state index contributed by atoms with van der Waals surface area (Å²) in [6.07, 6.45) is 0.733. The first-order chi connectivity index (χ1) is 9.44. The van der Waals surface area contributed by atoms with Crippen LogP contribution >= 0.6 is 0 Å². The highest BCUT2D eigenvalue weighted by Crippen LogP contribution is 2.39. The summed E-state index contributed by atoms with van der Waals surface area (Å²) in [4.78, 5) is 22.9. The summed E-state index contributed by atoms with van der Waals surface area (Å²) in [5.41, 5.74) is -0.800. The summed E-state index contributed by atoms with van der Waals surface area (Å²) in [6.45, 7) is -2.96. The van der Waals surface area contributed by atoms with E-state index in [-0.39, 0.29) is 37.2 Å². The van der Waals surface area contributed by atoms with Crippen molar-refractivity contribution in [1.82, 2.24) is 0 Å². The Morgan fingerprint density at radius 3 is 2.50 bits per heavy atom. The highest BCUT2D eigenvalue weighted by atomic mass is 19.3. The van der Waals surface area contributed by atoms with Crippen LogP contribution in [0, 0.1) is 0 Å². The Bertz CT molecular complexity index is 518. The number of alkyl halides is 2. The predicted octanol–water partition coefficient (Wildman–Crippen LogP) is 2.75. The van der Waals surface area contributed by atoms with Crippen molar-refractivity contribution in [2.45, 2.75) is 37.7 Å². The number of halogens is 2. The molecule has 0 aromatic heterocycles. The molecule has 1 saturated carbocycles. The molecule has 0 unspecified atom stereocenters. The number of carboxylic acid groups (broad SMARTS) is 1. The highest BCUT2D eigenvalue weighted by molar-refractivity contribution is 5.87. The maximum Gasteiger partial charge on any atom is 0.387 e. The number of hydrogen-bond acceptors (Lipinski definition) is 3. The quantitative estimate of drug-likeness (QED) is 0.923. The molecule has 4 nitrogen and oxygen atoms in total. The molecule has 20 heavy (non-hydrogen) atoms. The second kappa shape index (κ2) is 5.56. The minimum atomic E-state index is -2.96. The van der Waals surface area contributed by atoms with E-state index >= 15 is 0 Å². The zero-order valence-electron chi connectivity index (χ0n) is 10.6. The Morgan fingerprint density at radius 1 is 1.30 bits per heavy atom. The van der Waals surface area contributed by atoms with Gasteiger partial charge in [0, 0.05) is 12.8 Å². The molecule has 0 radical (unpaired) electrons. The molecule has 0 saturated heterocycles. The Balaban J connectivity index is 2.35. The number of carbonyl (C=O) groups is 2. The van der Waals surface area contributed by atoms with Gasteiger partial charge in [0.15, 0.2) is 0 Å². The summed E-state index contributed by atoms with van der Waals surface area (Å²) >= 11 is 0. The van der Waals surface area contributed by atoms with Crippen LogP contribution in [0.15, 0.2) is 24.3 Å². The van der Waals surface area contributed by atoms with Crippen molar-refractivity contribution in [1.29, 1.82) is 0 Å². The van der Waals surface area contributed by atoms with E-state index in [2.05, 4.69) is 4.74 Å². The van der Waals surface area contributed by atoms with Gasteiger partial charge in [-0.05, 0) is 30.5 Å². The normalized spacial score (nSPS) is 18.1. The van der Waals surface area contributed by atoms with Crippen LogP contribution in [0.4, 0.5) is 8.78 Å². The molecular formula is C14H14F2O4. The first-order valence-electron chi connectivity index (χ1n) is 6.24. The number of ether oxygens (including phenoxy) is 1. The number of Topliss-reactive ketones (excluding diaryl/α,β-unsaturated/α-hetero) is 1. The van der Waals surface area contributed by atoms with Crippen LogP contribution in [0.5, 0.6) is 5.75 Å². The Kier molecular flexibility index (Phi) is 4.01. The average Bonchev–Trinajstić information content (AvgIpc) is 2.39. The van der Waals surface area contributed by atoms with E-state index in [0.29, 0.717) is 5.56 Å². The number of carboxylic acids is 1. The van der Waals surface area contributed by atoms with Gasteiger partial charge in [0.25, 0.3) is 0 Å². The molecule has 0 bridgehead atoms. The summed E-state index contributed by atoms with van der Waals surface area (Å²) in [5, 5.41) is 9.50. The molecule has 1 aliphatic carbocycles. The van der Waals surface area contributed by atoms with Crippen molar-refractivity contribution in [3.63, 3.8) is 0 Å². The third-order valence-corrected chi connectivity index (χ3v) is 3.68. The summed E-state index contributed by atoms with van der Waals surface area (Å²) in [7, 11) is 0. The van der Waals surface area contributed by atoms with Gasteiger partial charge in [-0.1, -0.05) is 12.1 Å². The van der Waals surface area contributed by atoms with Crippen LogP contribution in [0.1, 0.15) is 31.2 Å². The van der Waals surface area contributed by atoms with E-state index in [1.165, 1.54) is 18.2 Å². The topological polar surface area (TPSA) is 63.6 Å². The summed E-state index contributed by atoms with van der Waals surface area (Å²) < 4.78 is 28.7. The zero-order chi connectivity index (χ0) is 14.8. The second-order valence-corrected chi connectivity index (χ2v) is 4.83. The third kappa shape index (κ3) is 2.79. The lowest BCUT2D eigenvalue weighted by Crippen LogP contribution is -2.39. The van der Waals surface area contributed by atoms with Crippen molar-refractivity contribution in [3.05, 3.63) is 29.8 Å². The standard InChI is InChI=1S/C14H14F2O4/c15-13(16)20-11-3-1-2-9(8-11)14(12(18)19)6-4-10(17)5-7-14/h1-3,8,13H,4-7H2,(H,18,19). The molecule has 0 heterocycles. The lowest BCUT2D eigenvalue weighted by atomic mass is 9.69. The minimum Gasteiger partial charge on any atom is -0.481 e. The van der Waals surface area contributed by atoms with Crippen LogP contribution in [-0.4, -0.2) is 23.5 Å². The fourth-order valence-corrected chi connectivity index (χ4v) is 2.55. The van der Waals surface area contributed by atoms with E-state index in [1.54, 1.807) is 6.07 Å². The van der Waals surface area contributed by atoms with Gasteiger partial charge in [-0.3, -0.25) is 9.59 Å². The largest absolute Gasteiger partial charge is 0.481 e. The lowest BCUT2D eigenvalue weighted by Gasteiger charge is -2.33. The molecule has 108 valence electrons. The van der Waals surface area contributed by atoms with E-state index in [9.17, 15) is 23.5 Å². The van der Waals surface area contributed by atoms with Gasteiger partial charge in [-0.15, -0.1) is 0 Å². The smallest absolute Gasteiger partial charge is 0.387 e. The third-order valence-electron chi connectivity index (χ3n) is 3.68. The summed E-state index contributed by atoms with van der Waals surface area (Å²) in [5.74, 6) is -1.09. The molecular weight excluding hydrogens is 270 g/mol. The number of benzene rings is 1. The number of carbonyl (C=O) groups excluding carboxylic acids is 1. The molecule has 0 atom stereocenters. The Morgan fingerprint density at radius 2 is 1.95 bits per heavy atom. The van der Waals surface area contributed by atoms with Gasteiger partial charge in [-0.2, -0.15) is 8.78 Å². The SMILES string of the molecule is O=C1CCC(C(=O)O)(c2cccc(OC(F)F)c2)CC1. The molecule has 2 rings (SSSR count). The van der Waals surface area contributed by atoms with Gasteiger partial charge in [0.2, 0.25) is 0 Å². The van der Waals surface area contributed by atoms with Crippen LogP contribution in [0.2, 0.25) is 0 Å². The number of aliphatic carboxylic acids is 1. The lowest BCUT2D eigenvalue weighted by molar-refractivity contribution is -0.146. The van der Waals surface area contributed by atoms with E-state index in [0.717, 1.165) is 0 Å². The fraction of sp³-hybridized carbons (Fsp3) is 0.429. The molecule has 1 fully saturated rings. The number of rotatable bonds is 4. The molecule has 1 aromatic carbocycles. The highest BCUT2D eigenvalue weighted by Gasteiger charge is 2.43. The second-order valence-electron chi connectivity index (χ2n) is 4.83. The molecule has 1 aliphatic rings. The summed E-state index contributed by atoms with van der Waals surface area (Å²) in [6, 6.07) is 5.71. The van der Waals surface area contributed by atoms with Crippen molar-refractivity contribution < 1.29 is 28.2 Å². The van der Waals surface area contributed by atoms with E-state index in [1.807, 2.05) is 0 Å². The van der Waals surface area contributed by atoms with E-state index < -0.39 is 18.0 Å². The molecule has 0 spiro atoms. The van der Waals surface area contributed by atoms with Gasteiger partial charge >= 0.3 is 12.6 Å².